The third kappa shape index (κ3) is 4.89. The Morgan fingerprint density at radius 3 is 2.44 bits per heavy atom. The van der Waals surface area contributed by atoms with E-state index < -0.39 is 28.0 Å². The van der Waals surface area contributed by atoms with Gasteiger partial charge in [-0.2, -0.15) is 13.2 Å². The summed E-state index contributed by atoms with van der Waals surface area (Å²) >= 11 is 0. The second kappa shape index (κ2) is 8.71. The van der Waals surface area contributed by atoms with Crippen LogP contribution in [0.5, 0.6) is 5.75 Å². The summed E-state index contributed by atoms with van der Waals surface area (Å²) in [4.78, 5) is 23.1. The second-order valence-corrected chi connectivity index (χ2v) is 9.95. The van der Waals surface area contributed by atoms with Gasteiger partial charge >= 0.3 is 6.18 Å². The Balaban J connectivity index is 1.65. The van der Waals surface area contributed by atoms with Crippen molar-refractivity contribution in [3.63, 3.8) is 0 Å². The largest absolute Gasteiger partial charge is 0.480 e. The van der Waals surface area contributed by atoms with Crippen molar-refractivity contribution in [3.8, 4) is 17.0 Å². The number of amides is 1. The Morgan fingerprint density at radius 1 is 1.09 bits per heavy atom. The van der Waals surface area contributed by atoms with Gasteiger partial charge in [-0.25, -0.2) is 8.42 Å². The number of carbonyl (C=O) groups excluding carboxylic acids is 1. The lowest BCUT2D eigenvalue weighted by Crippen LogP contribution is -2.32. The Labute approximate surface area is 194 Å². The third-order valence-corrected chi connectivity index (χ3v) is 6.52. The van der Waals surface area contributed by atoms with E-state index in [0.29, 0.717) is 11.4 Å². The molecule has 0 unspecified atom stereocenters. The molecule has 0 spiro atoms. The van der Waals surface area contributed by atoms with Gasteiger partial charge in [-0.1, -0.05) is 6.07 Å². The molecule has 0 radical (unpaired) electrons. The molecule has 1 atom stereocenters. The standard InChI is InChI=1S/C23H20F3N3O4S/c1-14(23(24,25)26)33-21-6-4-17(34(2,31)32)11-18(21)22(30)29-12-16-3-5-19(28-20(16)13-29)15-7-9-27-10-8-15/h3-11,14H,12-13H2,1-2H3/t14-/m0/s1. The predicted molar refractivity (Wildman–Crippen MR) is 117 cm³/mol. The van der Waals surface area contributed by atoms with Crippen molar-refractivity contribution in [1.29, 1.82) is 0 Å². The highest BCUT2D eigenvalue weighted by atomic mass is 32.2. The molecule has 0 N–H and O–H groups in total. The molecule has 34 heavy (non-hydrogen) atoms. The molecule has 2 aromatic heterocycles. The number of nitrogens with zero attached hydrogens (tertiary/aromatic N) is 3. The number of pyridine rings is 2. The average Bonchev–Trinajstić information content (AvgIpc) is 3.21. The minimum Gasteiger partial charge on any atom is -0.480 e. The van der Waals surface area contributed by atoms with Crippen molar-refractivity contribution >= 4 is 15.7 Å². The maximum Gasteiger partial charge on any atom is 0.425 e. The quantitative estimate of drug-likeness (QED) is 0.535. The lowest BCUT2D eigenvalue weighted by Gasteiger charge is -2.22. The fourth-order valence-corrected chi connectivity index (χ4v) is 4.16. The molecular formula is C23H20F3N3O4S. The van der Waals surface area contributed by atoms with Crippen LogP contribution in [0.3, 0.4) is 0 Å². The highest BCUT2D eigenvalue weighted by Gasteiger charge is 2.39. The zero-order chi connectivity index (χ0) is 24.7. The number of carbonyl (C=O) groups is 1. The minimum absolute atomic E-state index is 0.116. The van der Waals surface area contributed by atoms with Crippen LogP contribution in [-0.2, 0) is 22.9 Å². The molecule has 178 valence electrons. The van der Waals surface area contributed by atoms with E-state index >= 15 is 0 Å². The lowest BCUT2D eigenvalue weighted by atomic mass is 10.1. The first kappa shape index (κ1) is 23.7. The molecule has 7 nitrogen and oxygen atoms in total. The van der Waals surface area contributed by atoms with E-state index in [4.69, 9.17) is 4.74 Å². The summed E-state index contributed by atoms with van der Waals surface area (Å²) in [6.45, 7) is 1.11. The molecule has 1 amide bonds. The number of sulfone groups is 1. The van der Waals surface area contributed by atoms with Gasteiger partial charge in [-0.3, -0.25) is 14.8 Å². The number of aromatic nitrogens is 2. The Kier molecular flexibility index (Phi) is 6.07. The summed E-state index contributed by atoms with van der Waals surface area (Å²) in [5.74, 6) is -0.998. The van der Waals surface area contributed by atoms with Gasteiger partial charge in [0.1, 0.15) is 5.75 Å². The van der Waals surface area contributed by atoms with Crippen molar-refractivity contribution in [1.82, 2.24) is 14.9 Å². The first-order chi connectivity index (χ1) is 15.9. The zero-order valence-electron chi connectivity index (χ0n) is 18.2. The molecule has 3 heterocycles. The number of hydrogen-bond acceptors (Lipinski definition) is 6. The van der Waals surface area contributed by atoms with Crippen LogP contribution in [0.4, 0.5) is 13.2 Å². The van der Waals surface area contributed by atoms with Gasteiger partial charge in [0.25, 0.3) is 5.91 Å². The fraction of sp³-hybridized carbons (Fsp3) is 0.261. The number of fused-ring (bicyclic) bond motifs is 1. The van der Waals surface area contributed by atoms with E-state index in [1.165, 1.54) is 4.90 Å². The summed E-state index contributed by atoms with van der Waals surface area (Å²) in [7, 11) is -3.71. The predicted octanol–water partition coefficient (Wildman–Crippen LogP) is 4.03. The first-order valence-corrected chi connectivity index (χ1v) is 12.1. The van der Waals surface area contributed by atoms with E-state index in [2.05, 4.69) is 9.97 Å². The first-order valence-electron chi connectivity index (χ1n) is 10.2. The van der Waals surface area contributed by atoms with E-state index in [0.717, 1.165) is 42.5 Å². The molecule has 0 aliphatic carbocycles. The molecule has 1 aliphatic rings. The van der Waals surface area contributed by atoms with Gasteiger partial charge in [0.05, 0.1) is 28.4 Å². The molecule has 0 bridgehead atoms. The van der Waals surface area contributed by atoms with E-state index in [9.17, 15) is 26.4 Å². The monoisotopic (exact) mass is 491 g/mol. The van der Waals surface area contributed by atoms with Crippen molar-refractivity contribution in [2.24, 2.45) is 0 Å². The molecule has 0 saturated heterocycles. The summed E-state index contributed by atoms with van der Waals surface area (Å²) in [5.41, 5.74) is 2.71. The Hall–Kier alpha value is -3.47. The summed E-state index contributed by atoms with van der Waals surface area (Å²) in [6.07, 6.45) is -2.63. The second-order valence-electron chi connectivity index (χ2n) is 7.93. The molecule has 1 aliphatic heterocycles. The number of alkyl halides is 3. The van der Waals surface area contributed by atoms with Crippen molar-refractivity contribution < 1.29 is 31.1 Å². The van der Waals surface area contributed by atoms with Crippen molar-refractivity contribution in [2.45, 2.75) is 37.2 Å². The van der Waals surface area contributed by atoms with Gasteiger partial charge in [-0.15, -0.1) is 0 Å². The molecular weight excluding hydrogens is 471 g/mol. The maximum atomic E-state index is 13.3. The van der Waals surface area contributed by atoms with Crippen LogP contribution < -0.4 is 4.74 Å². The average molecular weight is 491 g/mol. The van der Waals surface area contributed by atoms with Gasteiger partial charge in [0.2, 0.25) is 0 Å². The molecule has 4 rings (SSSR count). The van der Waals surface area contributed by atoms with E-state index in [1.807, 2.05) is 12.1 Å². The summed E-state index contributed by atoms with van der Waals surface area (Å²) in [6, 6.07) is 10.5. The van der Waals surface area contributed by atoms with Gasteiger partial charge in [0, 0.05) is 30.8 Å². The van der Waals surface area contributed by atoms with Crippen LogP contribution in [0.1, 0.15) is 28.5 Å². The normalized spacial score (nSPS) is 14.6. The smallest absolute Gasteiger partial charge is 0.425 e. The van der Waals surface area contributed by atoms with E-state index in [1.54, 1.807) is 24.5 Å². The minimum atomic E-state index is -4.66. The van der Waals surface area contributed by atoms with Crippen LogP contribution in [-0.4, -0.2) is 47.7 Å². The van der Waals surface area contributed by atoms with Crippen LogP contribution in [0.15, 0.2) is 59.8 Å². The van der Waals surface area contributed by atoms with Crippen LogP contribution in [0.25, 0.3) is 11.3 Å². The summed E-state index contributed by atoms with van der Waals surface area (Å²) < 4.78 is 68.2. The topological polar surface area (TPSA) is 89.5 Å². The summed E-state index contributed by atoms with van der Waals surface area (Å²) in [5, 5.41) is 0. The zero-order valence-corrected chi connectivity index (χ0v) is 19.0. The fourth-order valence-electron chi connectivity index (χ4n) is 3.52. The molecule has 0 saturated carbocycles. The van der Waals surface area contributed by atoms with Gasteiger partial charge < -0.3 is 9.64 Å². The molecule has 0 fully saturated rings. The number of halogens is 3. The third-order valence-electron chi connectivity index (χ3n) is 5.41. The van der Waals surface area contributed by atoms with Crippen molar-refractivity contribution in [2.75, 3.05) is 6.26 Å². The SMILES string of the molecule is C[C@H](Oc1ccc(S(C)(=O)=O)cc1C(=O)N1Cc2ccc(-c3ccncc3)nc2C1)C(F)(F)F. The Morgan fingerprint density at radius 2 is 1.79 bits per heavy atom. The van der Waals surface area contributed by atoms with Gasteiger partial charge in [-0.05, 0) is 48.9 Å². The number of rotatable bonds is 5. The lowest BCUT2D eigenvalue weighted by molar-refractivity contribution is -0.189. The van der Waals surface area contributed by atoms with E-state index in [-0.39, 0.29) is 29.3 Å². The number of hydrogen-bond donors (Lipinski definition) is 0. The van der Waals surface area contributed by atoms with Crippen LogP contribution in [0, 0.1) is 0 Å². The maximum absolute atomic E-state index is 13.3. The number of ether oxygens (including phenoxy) is 1. The van der Waals surface area contributed by atoms with Gasteiger partial charge in [0.15, 0.2) is 15.9 Å². The highest BCUT2D eigenvalue weighted by Crippen LogP contribution is 2.32. The Bertz CT molecular complexity index is 1350. The molecule has 3 aromatic rings. The van der Waals surface area contributed by atoms with Crippen LogP contribution >= 0.6 is 0 Å². The molecule has 11 heteroatoms. The highest BCUT2D eigenvalue weighted by molar-refractivity contribution is 7.90. The molecule has 1 aromatic carbocycles. The number of benzene rings is 1. The van der Waals surface area contributed by atoms with Crippen molar-refractivity contribution in [3.05, 3.63) is 71.7 Å². The van der Waals surface area contributed by atoms with Crippen LogP contribution in [0.2, 0.25) is 0 Å².